The fourth-order valence-electron chi connectivity index (χ4n) is 11.3. The van der Waals surface area contributed by atoms with Gasteiger partial charge in [0.2, 0.25) is 11.8 Å². The molecule has 0 radical (unpaired) electrons. The molecule has 14 heteroatoms. The number of para-hydroxylation sites is 1. The molecule has 2 N–H and O–H groups in total. The maximum Gasteiger partial charge on any atom is 0.255 e. The van der Waals surface area contributed by atoms with Gasteiger partial charge in [-0.15, -0.1) is 0 Å². The van der Waals surface area contributed by atoms with E-state index in [1.807, 2.05) is 37.3 Å². The molecule has 0 bridgehead atoms. The Kier molecular flexibility index (Phi) is 10.2. The van der Waals surface area contributed by atoms with E-state index in [0.717, 1.165) is 80.4 Å². The Morgan fingerprint density at radius 1 is 0.833 bits per heavy atom. The number of amides is 3. The zero-order valence-electron chi connectivity index (χ0n) is 33.9. The molecule has 316 valence electrons. The van der Waals surface area contributed by atoms with E-state index in [9.17, 15) is 23.2 Å². The van der Waals surface area contributed by atoms with E-state index in [0.29, 0.717) is 61.4 Å². The van der Waals surface area contributed by atoms with E-state index >= 15 is 8.78 Å². The molecule has 4 aromatic rings. The second kappa shape index (κ2) is 15.6. The molecule has 3 aromatic carbocycles. The molecule has 1 unspecified atom stereocenters. The first-order chi connectivity index (χ1) is 29.0. The summed E-state index contributed by atoms with van der Waals surface area (Å²) in [5.74, 6) is -1.67. The molecule has 3 amide bonds. The Bertz CT molecular complexity index is 2330. The van der Waals surface area contributed by atoms with Crippen molar-refractivity contribution in [3.05, 3.63) is 99.2 Å². The van der Waals surface area contributed by atoms with E-state index < -0.39 is 42.6 Å². The van der Waals surface area contributed by atoms with E-state index in [-0.39, 0.29) is 29.8 Å². The number of benzene rings is 3. The van der Waals surface area contributed by atoms with Crippen LogP contribution in [0.3, 0.4) is 0 Å². The first-order valence-electron chi connectivity index (χ1n) is 21.6. The third-order valence-electron chi connectivity index (χ3n) is 14.3. The summed E-state index contributed by atoms with van der Waals surface area (Å²) in [5.41, 5.74) is 6.67. The number of anilines is 1. The number of imide groups is 1. The summed E-state index contributed by atoms with van der Waals surface area (Å²) in [7, 11) is 0. The van der Waals surface area contributed by atoms with Gasteiger partial charge in [-0.1, -0.05) is 24.3 Å². The molecule has 0 spiro atoms. The summed E-state index contributed by atoms with van der Waals surface area (Å²) < 4.78 is 60.4. The lowest BCUT2D eigenvalue weighted by Gasteiger charge is -2.43. The molecule has 0 saturated carbocycles. The number of piperidine rings is 3. The van der Waals surface area contributed by atoms with Crippen molar-refractivity contribution in [2.24, 2.45) is 5.92 Å². The van der Waals surface area contributed by atoms with Crippen molar-refractivity contribution >= 4 is 34.3 Å². The minimum absolute atomic E-state index is 0.133. The van der Waals surface area contributed by atoms with Gasteiger partial charge in [-0.25, -0.2) is 17.6 Å². The topological polar surface area (TPSA) is 95.2 Å². The lowest BCUT2D eigenvalue weighted by atomic mass is 9.88. The number of carbonyl (C=O) groups excluding carboxylic acids is 3. The third kappa shape index (κ3) is 7.07. The van der Waals surface area contributed by atoms with Crippen LogP contribution in [0.2, 0.25) is 0 Å². The summed E-state index contributed by atoms with van der Waals surface area (Å²) >= 11 is 0. The van der Waals surface area contributed by atoms with Crippen LogP contribution >= 0.6 is 0 Å². The number of hydrogen-bond donors (Lipinski definition) is 2. The van der Waals surface area contributed by atoms with Crippen molar-refractivity contribution in [2.45, 2.75) is 102 Å². The van der Waals surface area contributed by atoms with Crippen LogP contribution in [0.1, 0.15) is 95.4 Å². The molecule has 6 aliphatic heterocycles. The van der Waals surface area contributed by atoms with Gasteiger partial charge in [0.05, 0.1) is 12.6 Å². The number of fused-ring (bicyclic) bond motifs is 5. The highest BCUT2D eigenvalue weighted by molar-refractivity contribution is 6.05. The van der Waals surface area contributed by atoms with Gasteiger partial charge in [0, 0.05) is 91.2 Å². The number of aromatic amines is 1. The van der Waals surface area contributed by atoms with Crippen LogP contribution in [-0.2, 0) is 35.6 Å². The van der Waals surface area contributed by atoms with Gasteiger partial charge in [-0.05, 0) is 111 Å². The highest BCUT2D eigenvalue weighted by atomic mass is 19.3. The summed E-state index contributed by atoms with van der Waals surface area (Å²) in [6, 6.07) is 13.1. The van der Waals surface area contributed by atoms with E-state index in [2.05, 4.69) is 31.1 Å². The summed E-state index contributed by atoms with van der Waals surface area (Å²) in [4.78, 5) is 51.1. The molecule has 3 saturated heterocycles. The predicted molar refractivity (Wildman–Crippen MR) is 219 cm³/mol. The molecule has 3 fully saturated rings. The summed E-state index contributed by atoms with van der Waals surface area (Å²) in [5, 5.41) is 3.33. The molecule has 10 nitrogen and oxygen atoms in total. The monoisotopic (exact) mass is 825 g/mol. The Balaban J connectivity index is 0.739. The quantitative estimate of drug-likeness (QED) is 0.155. The predicted octanol–water partition coefficient (Wildman–Crippen LogP) is 6.50. The van der Waals surface area contributed by atoms with Crippen molar-refractivity contribution in [2.75, 3.05) is 44.2 Å². The molecule has 3 atom stereocenters. The number of likely N-dealkylation sites (tertiary alicyclic amines) is 1. The SMILES string of the molecule is C[C@@H]1Cc2c([nH]c3ccccc23)[C@@H](c2c(F)cc(N3CCC(N4CCC(CN5Cc6cc7c(cc6C5)C(=O)N(C5CCC(=O)NC5=O)C7)CC4)CC3)cc2F)N1CC(F)F. The number of H-pyrrole nitrogens is 1. The van der Waals surface area contributed by atoms with Crippen LogP contribution in [0.25, 0.3) is 10.9 Å². The Morgan fingerprint density at radius 3 is 2.27 bits per heavy atom. The van der Waals surface area contributed by atoms with Crippen molar-refractivity contribution in [1.29, 1.82) is 0 Å². The van der Waals surface area contributed by atoms with Gasteiger partial charge in [0.15, 0.2) is 0 Å². The second-order valence-electron chi connectivity index (χ2n) is 18.0. The van der Waals surface area contributed by atoms with Gasteiger partial charge in [-0.3, -0.25) is 29.5 Å². The number of halogens is 4. The van der Waals surface area contributed by atoms with E-state index in [4.69, 9.17) is 0 Å². The highest BCUT2D eigenvalue weighted by Crippen LogP contribution is 2.44. The standard InChI is InChI=1S/C46H51F4N7O3/c1-26-16-35-33-4-2-3-5-38(33)51-43(35)44(56(26)25-40(49)50)42-36(47)19-32(20-37(42)48)55-14-10-31(11-15-55)54-12-8-27(9-13-54)21-53-22-28-17-30-24-57(39-6-7-41(58)52-45(39)59)46(60)34(30)18-29(28)23-53/h2-5,17-20,26-27,31,39-40,44,51H,6-16,21-25H2,1H3,(H,52,58,59)/t26-,39?,44-/m1/s1. The normalized spacial score (nSPS) is 24.8. The molecule has 7 heterocycles. The van der Waals surface area contributed by atoms with Crippen LogP contribution in [0.15, 0.2) is 48.5 Å². The Hall–Kier alpha value is -4.79. The zero-order valence-corrected chi connectivity index (χ0v) is 33.9. The third-order valence-corrected chi connectivity index (χ3v) is 14.3. The molecule has 60 heavy (non-hydrogen) atoms. The average Bonchev–Trinajstić information content (AvgIpc) is 3.90. The van der Waals surface area contributed by atoms with Crippen molar-refractivity contribution in [1.82, 2.24) is 29.9 Å². The maximum absolute atomic E-state index is 16.3. The van der Waals surface area contributed by atoms with Crippen molar-refractivity contribution < 1.29 is 31.9 Å². The number of nitrogens with one attached hydrogen (secondary N) is 2. The smallest absolute Gasteiger partial charge is 0.255 e. The number of hydrogen-bond acceptors (Lipinski definition) is 7. The van der Waals surface area contributed by atoms with Gasteiger partial charge in [0.25, 0.3) is 12.3 Å². The van der Waals surface area contributed by atoms with Crippen molar-refractivity contribution in [3.63, 3.8) is 0 Å². The first kappa shape index (κ1) is 39.4. The second-order valence-corrected chi connectivity index (χ2v) is 18.0. The van der Waals surface area contributed by atoms with E-state index in [1.165, 1.54) is 28.2 Å². The van der Waals surface area contributed by atoms with Gasteiger partial charge in [-0.2, -0.15) is 0 Å². The van der Waals surface area contributed by atoms with Crippen LogP contribution < -0.4 is 10.2 Å². The molecular formula is C46H51F4N7O3. The van der Waals surface area contributed by atoms with Crippen LogP contribution in [-0.4, -0.2) is 106 Å². The van der Waals surface area contributed by atoms with Crippen molar-refractivity contribution in [3.8, 4) is 0 Å². The minimum atomic E-state index is -2.65. The average molecular weight is 826 g/mol. The number of carbonyl (C=O) groups is 3. The zero-order chi connectivity index (χ0) is 41.4. The van der Waals surface area contributed by atoms with E-state index in [1.54, 1.807) is 4.90 Å². The van der Waals surface area contributed by atoms with Crippen LogP contribution in [0, 0.1) is 17.6 Å². The van der Waals surface area contributed by atoms with Crippen LogP contribution in [0.4, 0.5) is 23.2 Å². The number of nitrogens with zero attached hydrogens (tertiary/aromatic N) is 5. The lowest BCUT2D eigenvalue weighted by Crippen LogP contribution is -2.52. The summed E-state index contributed by atoms with van der Waals surface area (Å²) in [6.45, 7) is 7.67. The first-order valence-corrected chi connectivity index (χ1v) is 21.6. The number of aromatic nitrogens is 1. The van der Waals surface area contributed by atoms with Gasteiger partial charge < -0.3 is 19.7 Å². The molecule has 0 aliphatic carbocycles. The van der Waals surface area contributed by atoms with Crippen LogP contribution in [0.5, 0.6) is 0 Å². The molecule has 10 rings (SSSR count). The molecule has 6 aliphatic rings. The van der Waals surface area contributed by atoms with Gasteiger partial charge >= 0.3 is 0 Å². The Morgan fingerprint density at radius 2 is 1.55 bits per heavy atom. The maximum atomic E-state index is 16.3. The largest absolute Gasteiger partial charge is 0.371 e. The lowest BCUT2D eigenvalue weighted by molar-refractivity contribution is -0.136. The number of rotatable bonds is 8. The fourth-order valence-corrected chi connectivity index (χ4v) is 11.3. The molecule has 1 aromatic heterocycles. The fraction of sp³-hybridized carbons (Fsp3) is 0.500. The highest BCUT2D eigenvalue weighted by Gasteiger charge is 2.42. The number of alkyl halides is 2. The minimum Gasteiger partial charge on any atom is -0.371 e. The molecular weight excluding hydrogens is 775 g/mol. The van der Waals surface area contributed by atoms with Gasteiger partial charge in [0.1, 0.15) is 17.7 Å². The summed E-state index contributed by atoms with van der Waals surface area (Å²) in [6.07, 6.45) is 2.43. The Labute approximate surface area is 346 Å².